The second-order valence-corrected chi connectivity index (χ2v) is 5.01. The summed E-state index contributed by atoms with van der Waals surface area (Å²) in [5, 5.41) is 4.70. The van der Waals surface area contributed by atoms with Gasteiger partial charge in [0.05, 0.1) is 6.42 Å². The Kier molecular flexibility index (Phi) is 5.34. The molecule has 2 aromatic rings. The smallest absolute Gasteiger partial charge is 0.308 e. The molecule has 23 heavy (non-hydrogen) atoms. The van der Waals surface area contributed by atoms with E-state index < -0.39 is 17.8 Å². The van der Waals surface area contributed by atoms with Crippen LogP contribution in [0.1, 0.15) is 11.1 Å². The van der Waals surface area contributed by atoms with E-state index in [0.29, 0.717) is 11.3 Å². The van der Waals surface area contributed by atoms with Gasteiger partial charge in [0.2, 0.25) is 5.91 Å². The Morgan fingerprint density at radius 2 is 1.96 bits per heavy atom. The van der Waals surface area contributed by atoms with Crippen LogP contribution in [0.5, 0.6) is 0 Å². The van der Waals surface area contributed by atoms with Gasteiger partial charge in [0.25, 0.3) is 0 Å². The number of halogens is 2. The number of nitrogens with one attached hydrogen (secondary N) is 2. The molecule has 0 spiro atoms. The zero-order valence-electron chi connectivity index (χ0n) is 11.9. The number of carbonyl (C=O) groups is 2. The van der Waals surface area contributed by atoms with Crippen LogP contribution in [0, 0.1) is 18.2 Å². The van der Waals surface area contributed by atoms with Crippen molar-refractivity contribution >= 4 is 29.2 Å². The molecule has 0 atom stereocenters. The van der Waals surface area contributed by atoms with Crippen molar-refractivity contribution in [3.05, 3.63) is 64.4 Å². The Bertz CT molecular complexity index is 779. The van der Waals surface area contributed by atoms with Crippen molar-refractivity contribution < 1.29 is 14.0 Å². The maximum atomic E-state index is 13.6. The standard InChI is InChI=1S/C17H12ClFN2O2/c1-2-11-5-3-6-12(9-11)20-17(23)21-16(22)10-13-14(18)7-4-8-15(13)19/h1,3-9H,10H2,(H2,20,21,22,23). The minimum Gasteiger partial charge on any atom is -0.308 e. The number of rotatable bonds is 3. The van der Waals surface area contributed by atoms with Gasteiger partial charge >= 0.3 is 6.03 Å². The van der Waals surface area contributed by atoms with E-state index in [1.54, 1.807) is 24.3 Å². The summed E-state index contributed by atoms with van der Waals surface area (Å²) in [5.41, 5.74) is 1.07. The molecule has 0 heterocycles. The minimum absolute atomic E-state index is 0.0359. The number of hydrogen-bond acceptors (Lipinski definition) is 2. The topological polar surface area (TPSA) is 58.2 Å². The lowest BCUT2D eigenvalue weighted by atomic mass is 10.1. The average Bonchev–Trinajstić information content (AvgIpc) is 2.51. The van der Waals surface area contributed by atoms with Crippen LogP contribution in [0.25, 0.3) is 0 Å². The maximum absolute atomic E-state index is 13.6. The van der Waals surface area contributed by atoms with Crippen molar-refractivity contribution in [1.82, 2.24) is 5.32 Å². The molecule has 0 aliphatic heterocycles. The van der Waals surface area contributed by atoms with Gasteiger partial charge < -0.3 is 5.32 Å². The molecular weight excluding hydrogens is 319 g/mol. The number of benzene rings is 2. The number of imide groups is 1. The highest BCUT2D eigenvalue weighted by Gasteiger charge is 2.14. The average molecular weight is 331 g/mol. The Morgan fingerprint density at radius 1 is 1.22 bits per heavy atom. The van der Waals surface area contributed by atoms with E-state index in [1.807, 2.05) is 0 Å². The summed E-state index contributed by atoms with van der Waals surface area (Å²) < 4.78 is 13.6. The Balaban J connectivity index is 1.97. The van der Waals surface area contributed by atoms with Crippen molar-refractivity contribution in [1.29, 1.82) is 0 Å². The van der Waals surface area contributed by atoms with Gasteiger partial charge in [0.1, 0.15) is 5.82 Å². The van der Waals surface area contributed by atoms with Crippen molar-refractivity contribution in [3.8, 4) is 12.3 Å². The van der Waals surface area contributed by atoms with E-state index >= 15 is 0 Å². The van der Waals surface area contributed by atoms with Gasteiger partial charge in [0, 0.05) is 21.8 Å². The zero-order valence-corrected chi connectivity index (χ0v) is 12.7. The molecule has 4 nitrogen and oxygen atoms in total. The summed E-state index contributed by atoms with van der Waals surface area (Å²) >= 11 is 5.83. The van der Waals surface area contributed by atoms with Crippen LogP contribution in [0.15, 0.2) is 42.5 Å². The number of carbonyl (C=O) groups excluding carboxylic acids is 2. The first-order chi connectivity index (χ1) is 11.0. The molecule has 0 saturated heterocycles. The van der Waals surface area contributed by atoms with Crippen LogP contribution >= 0.6 is 11.6 Å². The summed E-state index contributed by atoms with van der Waals surface area (Å²) in [7, 11) is 0. The Labute approximate surface area is 137 Å². The lowest BCUT2D eigenvalue weighted by molar-refractivity contribution is -0.119. The summed E-state index contributed by atoms with van der Waals surface area (Å²) in [6, 6.07) is 9.94. The van der Waals surface area contributed by atoms with Crippen molar-refractivity contribution in [2.75, 3.05) is 5.32 Å². The molecule has 116 valence electrons. The first kappa shape index (κ1) is 16.5. The molecule has 2 aromatic carbocycles. The predicted molar refractivity (Wildman–Crippen MR) is 86.7 cm³/mol. The number of amides is 3. The molecule has 0 aromatic heterocycles. The van der Waals surface area contributed by atoms with E-state index in [9.17, 15) is 14.0 Å². The van der Waals surface area contributed by atoms with Gasteiger partial charge in [0.15, 0.2) is 0 Å². The third-order valence-corrected chi connectivity index (χ3v) is 3.29. The van der Waals surface area contributed by atoms with Gasteiger partial charge in [-0.15, -0.1) is 6.42 Å². The van der Waals surface area contributed by atoms with E-state index in [1.165, 1.54) is 18.2 Å². The molecule has 0 saturated carbocycles. The lowest BCUT2D eigenvalue weighted by Crippen LogP contribution is -2.35. The predicted octanol–water partition coefficient (Wildman–Crippen LogP) is 3.35. The fraction of sp³-hybridized carbons (Fsp3) is 0.0588. The van der Waals surface area contributed by atoms with E-state index in [2.05, 4.69) is 16.6 Å². The summed E-state index contributed by atoms with van der Waals surface area (Å²) in [6.07, 6.45) is 4.92. The molecule has 0 aliphatic carbocycles. The molecule has 0 fully saturated rings. The quantitative estimate of drug-likeness (QED) is 0.848. The second-order valence-electron chi connectivity index (χ2n) is 4.60. The SMILES string of the molecule is C#Cc1cccc(NC(=O)NC(=O)Cc2c(F)cccc2Cl)c1. The molecule has 0 aliphatic rings. The minimum atomic E-state index is -0.739. The molecule has 6 heteroatoms. The highest BCUT2D eigenvalue weighted by Crippen LogP contribution is 2.19. The van der Waals surface area contributed by atoms with Gasteiger partial charge in [-0.05, 0) is 30.3 Å². The fourth-order valence-corrected chi connectivity index (χ4v) is 2.11. The van der Waals surface area contributed by atoms with E-state index in [-0.39, 0.29) is 17.0 Å². The third-order valence-electron chi connectivity index (χ3n) is 2.94. The lowest BCUT2D eigenvalue weighted by Gasteiger charge is -2.08. The molecular formula is C17H12ClFN2O2. The van der Waals surface area contributed by atoms with Crippen LogP contribution in [0.3, 0.4) is 0 Å². The molecule has 3 amide bonds. The normalized spacial score (nSPS) is 9.78. The van der Waals surface area contributed by atoms with Gasteiger partial charge in [-0.3, -0.25) is 10.1 Å². The fourth-order valence-electron chi connectivity index (χ4n) is 1.88. The Morgan fingerprint density at radius 3 is 2.65 bits per heavy atom. The van der Waals surface area contributed by atoms with Crippen molar-refractivity contribution in [3.63, 3.8) is 0 Å². The molecule has 0 radical (unpaired) electrons. The Hall–Kier alpha value is -2.84. The van der Waals surface area contributed by atoms with Crippen molar-refractivity contribution in [2.45, 2.75) is 6.42 Å². The van der Waals surface area contributed by atoms with Crippen LogP contribution < -0.4 is 10.6 Å². The number of hydrogen-bond donors (Lipinski definition) is 2. The van der Waals surface area contributed by atoms with E-state index in [4.69, 9.17) is 18.0 Å². The highest BCUT2D eigenvalue weighted by atomic mass is 35.5. The zero-order chi connectivity index (χ0) is 16.8. The number of anilines is 1. The van der Waals surface area contributed by atoms with Gasteiger partial charge in [-0.1, -0.05) is 29.7 Å². The first-order valence-corrected chi connectivity index (χ1v) is 6.98. The van der Waals surface area contributed by atoms with Gasteiger partial charge in [-0.2, -0.15) is 0 Å². The van der Waals surface area contributed by atoms with Gasteiger partial charge in [-0.25, -0.2) is 9.18 Å². The van der Waals surface area contributed by atoms with Crippen LogP contribution in [0.2, 0.25) is 5.02 Å². The van der Waals surface area contributed by atoms with Crippen LogP contribution in [-0.2, 0) is 11.2 Å². The number of terminal acetylenes is 1. The summed E-state index contributed by atoms with van der Waals surface area (Å²) in [5.74, 6) is 1.15. The summed E-state index contributed by atoms with van der Waals surface area (Å²) in [4.78, 5) is 23.6. The van der Waals surface area contributed by atoms with Crippen LogP contribution in [-0.4, -0.2) is 11.9 Å². The molecule has 0 unspecified atom stereocenters. The van der Waals surface area contributed by atoms with Crippen LogP contribution in [0.4, 0.5) is 14.9 Å². The second kappa shape index (κ2) is 7.43. The maximum Gasteiger partial charge on any atom is 0.325 e. The largest absolute Gasteiger partial charge is 0.325 e. The molecule has 2 rings (SSSR count). The first-order valence-electron chi connectivity index (χ1n) is 6.60. The number of urea groups is 1. The highest BCUT2D eigenvalue weighted by molar-refractivity contribution is 6.31. The van der Waals surface area contributed by atoms with Crippen molar-refractivity contribution in [2.24, 2.45) is 0 Å². The summed E-state index contributed by atoms with van der Waals surface area (Å²) in [6.45, 7) is 0. The third kappa shape index (κ3) is 4.56. The van der Waals surface area contributed by atoms with E-state index in [0.717, 1.165) is 0 Å². The molecule has 0 bridgehead atoms. The molecule has 2 N–H and O–H groups in total. The monoisotopic (exact) mass is 330 g/mol.